The van der Waals surface area contributed by atoms with Crippen LogP contribution in [-0.4, -0.2) is 42.0 Å². The lowest BCUT2D eigenvalue weighted by atomic mass is 9.99. The standard InChI is InChI=1S/C15H22BrN3O/c1-12-5-10-19(11-6-12)9-3-8-18-15(20)14-13(16)4-2-7-17-14/h2,4,7,12H,3,5-6,8-11H2,1H3,(H,18,20). The first kappa shape index (κ1) is 15.4. The molecule has 110 valence electrons. The molecule has 0 spiro atoms. The molecule has 0 unspecified atom stereocenters. The molecule has 0 aromatic carbocycles. The molecule has 0 saturated carbocycles. The van der Waals surface area contributed by atoms with Crippen molar-refractivity contribution >= 4 is 21.8 Å². The quantitative estimate of drug-likeness (QED) is 0.839. The van der Waals surface area contributed by atoms with Crippen LogP contribution in [0.15, 0.2) is 22.8 Å². The average Bonchev–Trinajstić information content (AvgIpc) is 2.46. The van der Waals surface area contributed by atoms with E-state index >= 15 is 0 Å². The highest BCUT2D eigenvalue weighted by Crippen LogP contribution is 2.16. The maximum Gasteiger partial charge on any atom is 0.271 e. The van der Waals surface area contributed by atoms with E-state index in [2.05, 4.69) is 38.1 Å². The number of halogens is 1. The Hall–Kier alpha value is -0.940. The summed E-state index contributed by atoms with van der Waals surface area (Å²) in [5.41, 5.74) is 0.458. The number of nitrogens with zero attached hydrogens (tertiary/aromatic N) is 2. The molecule has 5 heteroatoms. The molecule has 20 heavy (non-hydrogen) atoms. The maximum atomic E-state index is 11.9. The van der Waals surface area contributed by atoms with Crippen LogP contribution in [0.3, 0.4) is 0 Å². The Bertz CT molecular complexity index is 444. The molecule has 2 heterocycles. The van der Waals surface area contributed by atoms with Crippen molar-refractivity contribution in [2.24, 2.45) is 5.92 Å². The highest BCUT2D eigenvalue weighted by atomic mass is 79.9. The summed E-state index contributed by atoms with van der Waals surface area (Å²) >= 11 is 3.34. The normalized spacial score (nSPS) is 17.1. The molecule has 2 rings (SSSR count). The number of carbonyl (C=O) groups excluding carboxylic acids is 1. The number of likely N-dealkylation sites (tertiary alicyclic amines) is 1. The van der Waals surface area contributed by atoms with Crippen molar-refractivity contribution in [3.8, 4) is 0 Å². The van der Waals surface area contributed by atoms with Gasteiger partial charge in [-0.2, -0.15) is 0 Å². The summed E-state index contributed by atoms with van der Waals surface area (Å²) in [6, 6.07) is 3.63. The van der Waals surface area contributed by atoms with Gasteiger partial charge in [0, 0.05) is 17.2 Å². The summed E-state index contributed by atoms with van der Waals surface area (Å²) in [4.78, 5) is 18.5. The van der Waals surface area contributed by atoms with Crippen LogP contribution in [0.25, 0.3) is 0 Å². The summed E-state index contributed by atoms with van der Waals surface area (Å²) in [5, 5.41) is 2.93. The van der Waals surface area contributed by atoms with Crippen LogP contribution in [0.4, 0.5) is 0 Å². The highest BCUT2D eigenvalue weighted by molar-refractivity contribution is 9.10. The van der Waals surface area contributed by atoms with Gasteiger partial charge in [0.2, 0.25) is 0 Å². The molecule has 1 N–H and O–H groups in total. The largest absolute Gasteiger partial charge is 0.351 e. The number of carbonyl (C=O) groups is 1. The molecule has 0 bridgehead atoms. The van der Waals surface area contributed by atoms with Crippen LogP contribution >= 0.6 is 15.9 Å². The number of aromatic nitrogens is 1. The topological polar surface area (TPSA) is 45.2 Å². The molecular weight excluding hydrogens is 318 g/mol. The lowest BCUT2D eigenvalue weighted by Gasteiger charge is -2.30. The summed E-state index contributed by atoms with van der Waals surface area (Å²) in [7, 11) is 0. The van der Waals surface area contributed by atoms with Crippen LogP contribution in [-0.2, 0) is 0 Å². The minimum atomic E-state index is -0.107. The first-order valence-electron chi connectivity index (χ1n) is 7.28. The molecule has 1 saturated heterocycles. The second-order valence-electron chi connectivity index (χ2n) is 5.47. The number of hydrogen-bond acceptors (Lipinski definition) is 3. The van der Waals surface area contributed by atoms with Gasteiger partial charge in [0.1, 0.15) is 5.69 Å². The number of rotatable bonds is 5. The van der Waals surface area contributed by atoms with E-state index in [0.717, 1.165) is 23.4 Å². The van der Waals surface area contributed by atoms with Crippen molar-refractivity contribution in [1.82, 2.24) is 15.2 Å². The van der Waals surface area contributed by atoms with E-state index in [1.807, 2.05) is 6.07 Å². The fraction of sp³-hybridized carbons (Fsp3) is 0.600. The van der Waals surface area contributed by atoms with Crippen LogP contribution in [0, 0.1) is 5.92 Å². The van der Waals surface area contributed by atoms with Crippen molar-refractivity contribution in [1.29, 1.82) is 0 Å². The first-order chi connectivity index (χ1) is 9.66. The van der Waals surface area contributed by atoms with Gasteiger partial charge in [0.15, 0.2) is 0 Å². The molecule has 1 aliphatic heterocycles. The lowest BCUT2D eigenvalue weighted by molar-refractivity contribution is 0.0945. The molecule has 1 aromatic rings. The van der Waals surface area contributed by atoms with Gasteiger partial charge < -0.3 is 10.2 Å². The third kappa shape index (κ3) is 4.56. The second kappa shape index (κ2) is 7.74. The molecule has 1 fully saturated rings. The monoisotopic (exact) mass is 339 g/mol. The highest BCUT2D eigenvalue weighted by Gasteiger charge is 2.15. The number of hydrogen-bond donors (Lipinski definition) is 1. The van der Waals surface area contributed by atoms with E-state index in [1.165, 1.54) is 25.9 Å². The second-order valence-corrected chi connectivity index (χ2v) is 6.32. The van der Waals surface area contributed by atoms with Gasteiger partial charge in [-0.15, -0.1) is 0 Å². The van der Waals surface area contributed by atoms with Gasteiger partial charge in [0.05, 0.1) is 0 Å². The van der Waals surface area contributed by atoms with Gasteiger partial charge >= 0.3 is 0 Å². The van der Waals surface area contributed by atoms with Crippen LogP contribution in [0.5, 0.6) is 0 Å². The Kier molecular flexibility index (Phi) is 5.98. The van der Waals surface area contributed by atoms with Crippen molar-refractivity contribution < 1.29 is 4.79 Å². The van der Waals surface area contributed by atoms with Crippen LogP contribution in [0.1, 0.15) is 36.7 Å². The summed E-state index contributed by atoms with van der Waals surface area (Å²) in [6.45, 7) is 6.48. The first-order valence-corrected chi connectivity index (χ1v) is 8.07. The van der Waals surface area contributed by atoms with Crippen molar-refractivity contribution in [2.75, 3.05) is 26.2 Å². The van der Waals surface area contributed by atoms with Gasteiger partial charge in [-0.05, 0) is 72.9 Å². The zero-order valence-corrected chi connectivity index (χ0v) is 13.5. The van der Waals surface area contributed by atoms with Gasteiger partial charge in [0.25, 0.3) is 5.91 Å². The fourth-order valence-electron chi connectivity index (χ4n) is 2.43. The Morgan fingerprint density at radius 1 is 1.50 bits per heavy atom. The Morgan fingerprint density at radius 2 is 2.25 bits per heavy atom. The Labute approximate surface area is 129 Å². The molecule has 1 aromatic heterocycles. The molecule has 0 atom stereocenters. The van der Waals surface area contributed by atoms with Crippen molar-refractivity contribution in [3.63, 3.8) is 0 Å². The van der Waals surface area contributed by atoms with Gasteiger partial charge in [-0.25, -0.2) is 4.98 Å². The van der Waals surface area contributed by atoms with E-state index in [0.29, 0.717) is 12.2 Å². The Balaban J connectivity index is 1.66. The smallest absolute Gasteiger partial charge is 0.271 e. The molecule has 1 aliphatic rings. The SMILES string of the molecule is CC1CCN(CCCNC(=O)c2ncccc2Br)CC1. The fourth-order valence-corrected chi connectivity index (χ4v) is 2.86. The third-order valence-electron chi connectivity index (χ3n) is 3.79. The summed E-state index contributed by atoms with van der Waals surface area (Å²) in [5.74, 6) is 0.761. The van der Waals surface area contributed by atoms with Crippen LogP contribution in [0.2, 0.25) is 0 Å². The number of amides is 1. The zero-order chi connectivity index (χ0) is 14.4. The molecular formula is C15H22BrN3O. The lowest BCUT2D eigenvalue weighted by Crippen LogP contribution is -2.35. The number of pyridine rings is 1. The molecule has 0 aliphatic carbocycles. The maximum absolute atomic E-state index is 11.9. The summed E-state index contributed by atoms with van der Waals surface area (Å²) < 4.78 is 0.738. The van der Waals surface area contributed by atoms with E-state index in [-0.39, 0.29) is 5.91 Å². The van der Waals surface area contributed by atoms with Crippen LogP contribution < -0.4 is 5.32 Å². The number of nitrogens with one attached hydrogen (secondary N) is 1. The summed E-state index contributed by atoms with van der Waals surface area (Å²) in [6.07, 6.45) is 5.22. The van der Waals surface area contributed by atoms with Gasteiger partial charge in [-0.1, -0.05) is 6.92 Å². The van der Waals surface area contributed by atoms with E-state index in [4.69, 9.17) is 0 Å². The van der Waals surface area contributed by atoms with Crippen molar-refractivity contribution in [2.45, 2.75) is 26.2 Å². The van der Waals surface area contributed by atoms with E-state index in [9.17, 15) is 4.79 Å². The van der Waals surface area contributed by atoms with E-state index in [1.54, 1.807) is 12.3 Å². The van der Waals surface area contributed by atoms with Crippen molar-refractivity contribution in [3.05, 3.63) is 28.5 Å². The Morgan fingerprint density at radius 3 is 2.95 bits per heavy atom. The number of piperidine rings is 1. The predicted molar refractivity (Wildman–Crippen MR) is 83.7 cm³/mol. The molecule has 1 amide bonds. The predicted octanol–water partition coefficient (Wildman–Crippen LogP) is 2.70. The van der Waals surface area contributed by atoms with E-state index < -0.39 is 0 Å². The minimum Gasteiger partial charge on any atom is -0.351 e. The third-order valence-corrected chi connectivity index (χ3v) is 4.43. The van der Waals surface area contributed by atoms with Gasteiger partial charge in [-0.3, -0.25) is 4.79 Å². The minimum absolute atomic E-state index is 0.107. The average molecular weight is 340 g/mol. The molecule has 4 nitrogen and oxygen atoms in total. The molecule has 0 radical (unpaired) electrons. The zero-order valence-electron chi connectivity index (χ0n) is 11.9.